The molecule has 0 unspecified atom stereocenters. The summed E-state index contributed by atoms with van der Waals surface area (Å²) in [5.41, 5.74) is 6.38. The zero-order valence-electron chi connectivity index (χ0n) is 19.7. The SMILES string of the molecule is Cc1ccc(-c2cn[nH]c2)cc1CCNCC1CCN(C(=O)CCCc2ccccc2)CC1. The van der Waals surface area contributed by atoms with Gasteiger partial charge >= 0.3 is 0 Å². The van der Waals surface area contributed by atoms with E-state index < -0.39 is 0 Å². The summed E-state index contributed by atoms with van der Waals surface area (Å²) in [6, 6.07) is 17.1. The van der Waals surface area contributed by atoms with Crippen LogP contribution in [0.15, 0.2) is 60.9 Å². The largest absolute Gasteiger partial charge is 0.343 e. The van der Waals surface area contributed by atoms with Crippen LogP contribution in [0.25, 0.3) is 11.1 Å². The van der Waals surface area contributed by atoms with Gasteiger partial charge in [0.15, 0.2) is 0 Å². The Morgan fingerprint density at radius 3 is 2.67 bits per heavy atom. The van der Waals surface area contributed by atoms with E-state index in [0.29, 0.717) is 18.2 Å². The van der Waals surface area contributed by atoms with Gasteiger partial charge in [0.05, 0.1) is 6.20 Å². The molecule has 3 aromatic rings. The smallest absolute Gasteiger partial charge is 0.222 e. The van der Waals surface area contributed by atoms with E-state index in [2.05, 4.69) is 69.8 Å². The molecule has 1 aromatic heterocycles. The maximum absolute atomic E-state index is 12.6. The van der Waals surface area contributed by atoms with Crippen molar-refractivity contribution in [3.05, 3.63) is 77.6 Å². The third-order valence-corrected chi connectivity index (χ3v) is 6.85. The molecule has 1 fully saturated rings. The molecule has 0 radical (unpaired) electrons. The number of rotatable bonds is 10. The number of nitrogens with zero attached hydrogens (tertiary/aromatic N) is 2. The maximum atomic E-state index is 12.6. The topological polar surface area (TPSA) is 61.0 Å². The summed E-state index contributed by atoms with van der Waals surface area (Å²) in [5, 5.41) is 10.6. The predicted octanol–water partition coefficient (Wildman–Crippen LogP) is 4.78. The Balaban J connectivity index is 1.13. The Bertz CT molecular complexity index is 992. The first-order valence-electron chi connectivity index (χ1n) is 12.3. The Hall–Kier alpha value is -2.92. The van der Waals surface area contributed by atoms with Crippen LogP contribution in [0.5, 0.6) is 0 Å². The molecule has 5 nitrogen and oxygen atoms in total. The Kier molecular flexibility index (Phi) is 8.31. The molecule has 2 N–H and O–H groups in total. The molecule has 0 saturated carbocycles. The summed E-state index contributed by atoms with van der Waals surface area (Å²) in [6.45, 7) is 6.01. The van der Waals surface area contributed by atoms with E-state index in [1.165, 1.54) is 22.3 Å². The Morgan fingerprint density at radius 2 is 1.91 bits per heavy atom. The minimum atomic E-state index is 0.324. The summed E-state index contributed by atoms with van der Waals surface area (Å²) >= 11 is 0. The number of H-pyrrole nitrogens is 1. The fraction of sp³-hybridized carbons (Fsp3) is 0.429. The molecule has 0 atom stereocenters. The zero-order chi connectivity index (χ0) is 22.9. The van der Waals surface area contributed by atoms with Crippen molar-refractivity contribution >= 4 is 5.91 Å². The van der Waals surface area contributed by atoms with E-state index in [1.807, 2.05) is 18.5 Å². The molecule has 0 bridgehead atoms. The summed E-state index contributed by atoms with van der Waals surface area (Å²) in [4.78, 5) is 14.6. The van der Waals surface area contributed by atoms with Crippen LogP contribution in [0.2, 0.25) is 0 Å². The molecule has 2 heterocycles. The number of amides is 1. The molecule has 0 spiro atoms. The average molecular weight is 445 g/mol. The van der Waals surface area contributed by atoms with Crippen molar-refractivity contribution in [3.8, 4) is 11.1 Å². The van der Waals surface area contributed by atoms with Gasteiger partial charge in [0.1, 0.15) is 0 Å². The number of carbonyl (C=O) groups excluding carboxylic acids is 1. The third kappa shape index (κ3) is 6.78. The Morgan fingerprint density at radius 1 is 1.09 bits per heavy atom. The van der Waals surface area contributed by atoms with E-state index >= 15 is 0 Å². The van der Waals surface area contributed by atoms with Crippen molar-refractivity contribution in [2.45, 2.75) is 45.4 Å². The molecular formula is C28H36N4O. The van der Waals surface area contributed by atoms with Gasteiger partial charge in [0.25, 0.3) is 0 Å². The van der Waals surface area contributed by atoms with Crippen molar-refractivity contribution in [1.82, 2.24) is 20.4 Å². The first kappa shape index (κ1) is 23.2. The fourth-order valence-corrected chi connectivity index (χ4v) is 4.69. The van der Waals surface area contributed by atoms with Crippen molar-refractivity contribution in [3.63, 3.8) is 0 Å². The normalized spacial score (nSPS) is 14.5. The van der Waals surface area contributed by atoms with Gasteiger partial charge in [-0.2, -0.15) is 5.10 Å². The average Bonchev–Trinajstić information content (AvgIpc) is 3.39. The van der Waals surface area contributed by atoms with Gasteiger partial charge in [-0.05, 0) is 80.3 Å². The van der Waals surface area contributed by atoms with Crippen LogP contribution in [0, 0.1) is 12.8 Å². The van der Waals surface area contributed by atoms with Crippen LogP contribution in [0.1, 0.15) is 42.4 Å². The number of piperidine rings is 1. The van der Waals surface area contributed by atoms with Crippen LogP contribution >= 0.6 is 0 Å². The van der Waals surface area contributed by atoms with Gasteiger partial charge in [0.2, 0.25) is 5.91 Å². The molecule has 1 saturated heterocycles. The second-order valence-corrected chi connectivity index (χ2v) is 9.25. The van der Waals surface area contributed by atoms with E-state index in [4.69, 9.17) is 0 Å². The summed E-state index contributed by atoms with van der Waals surface area (Å²) in [7, 11) is 0. The van der Waals surface area contributed by atoms with Gasteiger partial charge in [-0.15, -0.1) is 0 Å². The zero-order valence-corrected chi connectivity index (χ0v) is 19.7. The number of aromatic nitrogens is 2. The number of benzene rings is 2. The second kappa shape index (κ2) is 11.8. The minimum Gasteiger partial charge on any atom is -0.343 e. The van der Waals surface area contributed by atoms with Crippen LogP contribution in [0.3, 0.4) is 0 Å². The minimum absolute atomic E-state index is 0.324. The summed E-state index contributed by atoms with van der Waals surface area (Å²) in [6.07, 6.45) is 9.62. The Labute approximate surface area is 197 Å². The second-order valence-electron chi connectivity index (χ2n) is 9.25. The molecule has 174 valence electrons. The number of hydrogen-bond acceptors (Lipinski definition) is 3. The quantitative estimate of drug-likeness (QED) is 0.443. The lowest BCUT2D eigenvalue weighted by Crippen LogP contribution is -2.40. The first-order chi connectivity index (χ1) is 16.2. The summed E-state index contributed by atoms with van der Waals surface area (Å²) in [5.74, 6) is 0.988. The molecule has 1 aliphatic rings. The van der Waals surface area contributed by atoms with E-state index in [1.54, 1.807) is 0 Å². The molecule has 1 aliphatic heterocycles. The summed E-state index contributed by atoms with van der Waals surface area (Å²) < 4.78 is 0. The van der Waals surface area contributed by atoms with Gasteiger partial charge in [-0.25, -0.2) is 0 Å². The van der Waals surface area contributed by atoms with Crippen LogP contribution in [0.4, 0.5) is 0 Å². The number of hydrogen-bond donors (Lipinski definition) is 2. The lowest BCUT2D eigenvalue weighted by atomic mass is 9.96. The van der Waals surface area contributed by atoms with Crippen LogP contribution in [-0.4, -0.2) is 47.2 Å². The van der Waals surface area contributed by atoms with E-state index in [0.717, 1.165) is 63.8 Å². The van der Waals surface area contributed by atoms with Gasteiger partial charge in [-0.1, -0.05) is 48.5 Å². The monoisotopic (exact) mass is 444 g/mol. The fourth-order valence-electron chi connectivity index (χ4n) is 4.69. The molecular weight excluding hydrogens is 408 g/mol. The maximum Gasteiger partial charge on any atom is 0.222 e. The molecule has 33 heavy (non-hydrogen) atoms. The lowest BCUT2D eigenvalue weighted by molar-refractivity contribution is -0.132. The molecule has 4 rings (SSSR count). The third-order valence-electron chi connectivity index (χ3n) is 6.85. The van der Waals surface area contributed by atoms with Gasteiger partial charge in [0, 0.05) is 31.3 Å². The predicted molar refractivity (Wildman–Crippen MR) is 134 cm³/mol. The van der Waals surface area contributed by atoms with E-state index in [-0.39, 0.29) is 0 Å². The number of likely N-dealkylation sites (tertiary alicyclic amines) is 1. The first-order valence-corrected chi connectivity index (χ1v) is 12.3. The molecule has 0 aliphatic carbocycles. The highest BCUT2D eigenvalue weighted by atomic mass is 16.2. The van der Waals surface area contributed by atoms with Gasteiger partial charge < -0.3 is 10.2 Å². The van der Waals surface area contributed by atoms with Crippen molar-refractivity contribution in [1.29, 1.82) is 0 Å². The van der Waals surface area contributed by atoms with Crippen LogP contribution in [-0.2, 0) is 17.6 Å². The van der Waals surface area contributed by atoms with E-state index in [9.17, 15) is 4.79 Å². The number of aromatic amines is 1. The van der Waals surface area contributed by atoms with Crippen molar-refractivity contribution in [2.75, 3.05) is 26.2 Å². The van der Waals surface area contributed by atoms with Crippen molar-refractivity contribution in [2.24, 2.45) is 5.92 Å². The number of nitrogens with one attached hydrogen (secondary N) is 2. The standard InChI is InChI=1S/C28H36N4O/c1-22-10-11-26(27-20-30-31-21-27)18-25(22)12-15-29-19-24-13-16-32(17-14-24)28(33)9-5-8-23-6-3-2-4-7-23/h2-4,6-7,10-11,18,20-21,24,29H,5,8-9,12-17,19H2,1H3,(H,30,31). The highest BCUT2D eigenvalue weighted by Crippen LogP contribution is 2.22. The lowest BCUT2D eigenvalue weighted by Gasteiger charge is -2.32. The molecule has 1 amide bonds. The number of aryl methyl sites for hydroxylation is 2. The molecule has 5 heteroatoms. The van der Waals surface area contributed by atoms with Gasteiger partial charge in [-0.3, -0.25) is 9.89 Å². The number of carbonyl (C=O) groups is 1. The molecule has 2 aromatic carbocycles. The highest BCUT2D eigenvalue weighted by Gasteiger charge is 2.22. The highest BCUT2D eigenvalue weighted by molar-refractivity contribution is 5.76. The van der Waals surface area contributed by atoms with Crippen molar-refractivity contribution < 1.29 is 4.79 Å². The van der Waals surface area contributed by atoms with Crippen LogP contribution < -0.4 is 5.32 Å².